The lowest BCUT2D eigenvalue weighted by Crippen LogP contribution is -2.25. The van der Waals surface area contributed by atoms with Gasteiger partial charge in [0, 0.05) is 0 Å². The average Bonchev–Trinajstić information content (AvgIpc) is 2.25. The van der Waals surface area contributed by atoms with Gasteiger partial charge in [-0.2, -0.15) is 0 Å². The molecule has 5 nitrogen and oxygen atoms in total. The largest absolute Gasteiger partial charge is 0.591 e. The van der Waals surface area contributed by atoms with E-state index in [9.17, 15) is 4.55 Å². The van der Waals surface area contributed by atoms with Crippen molar-refractivity contribution in [2.45, 2.75) is 25.5 Å². The van der Waals surface area contributed by atoms with E-state index in [4.69, 9.17) is 4.74 Å². The van der Waals surface area contributed by atoms with E-state index in [-0.39, 0.29) is 0 Å². The van der Waals surface area contributed by atoms with Crippen molar-refractivity contribution in [3.05, 3.63) is 16.5 Å². The van der Waals surface area contributed by atoms with Crippen molar-refractivity contribution in [3.8, 4) is 5.88 Å². The summed E-state index contributed by atoms with van der Waals surface area (Å²) in [4.78, 5) is 8.16. The minimum Gasteiger partial charge on any atom is -0.591 e. The Bertz CT molecular complexity index is 421. The van der Waals surface area contributed by atoms with Crippen LogP contribution in [0.2, 0.25) is 0 Å². The normalized spacial score (nSPS) is 14.0. The molecule has 0 fully saturated rings. The maximum atomic E-state index is 11.7. The number of nitrogens with zero attached hydrogens (tertiary/aromatic N) is 3. The molecule has 0 radical (unpaired) electrons. The fourth-order valence-electron chi connectivity index (χ4n) is 0.856. The molecule has 0 saturated heterocycles. The number of aromatic nitrogens is 2. The molecule has 0 aliphatic rings. The lowest BCUT2D eigenvalue weighted by atomic mass is 10.3. The van der Waals surface area contributed by atoms with Gasteiger partial charge in [-0.05, 0) is 36.7 Å². The molecule has 17 heavy (non-hydrogen) atoms. The standard InChI is InChI=1S/C10H14BrN3O2S/c1-10(2,3)17(15)13-5-7-9(16-4)14-8(11)6-12-7/h5-6H,1-4H3/b13-5+. The minimum absolute atomic E-state index is 0.342. The Balaban J connectivity index is 2.92. The number of hydrogen-bond acceptors (Lipinski definition) is 5. The van der Waals surface area contributed by atoms with Gasteiger partial charge in [0.05, 0.1) is 13.3 Å². The van der Waals surface area contributed by atoms with Crippen LogP contribution in [0.3, 0.4) is 0 Å². The highest BCUT2D eigenvalue weighted by atomic mass is 79.9. The summed E-state index contributed by atoms with van der Waals surface area (Å²) >= 11 is 1.87. The maximum absolute atomic E-state index is 11.7. The monoisotopic (exact) mass is 319 g/mol. The van der Waals surface area contributed by atoms with Gasteiger partial charge in [-0.3, -0.25) is 0 Å². The third kappa shape index (κ3) is 4.25. The summed E-state index contributed by atoms with van der Waals surface area (Å²) in [5, 5.41) is 0. The van der Waals surface area contributed by atoms with Gasteiger partial charge in [-0.15, -0.1) is 0 Å². The summed E-state index contributed by atoms with van der Waals surface area (Å²) in [6.45, 7) is 5.56. The molecule has 1 aromatic rings. The van der Waals surface area contributed by atoms with E-state index in [0.717, 1.165) is 0 Å². The average molecular weight is 320 g/mol. The molecule has 0 N–H and O–H groups in total. The van der Waals surface area contributed by atoms with Crippen LogP contribution in [0.5, 0.6) is 5.88 Å². The second kappa shape index (κ2) is 5.79. The molecule has 0 aromatic carbocycles. The highest BCUT2D eigenvalue weighted by Gasteiger charge is 2.26. The van der Waals surface area contributed by atoms with Gasteiger partial charge in [0.1, 0.15) is 32.6 Å². The molecule has 0 aliphatic heterocycles. The van der Waals surface area contributed by atoms with Crippen molar-refractivity contribution < 1.29 is 9.29 Å². The fraction of sp³-hybridized carbons (Fsp3) is 0.500. The van der Waals surface area contributed by atoms with Gasteiger partial charge in [0.25, 0.3) is 0 Å². The number of ether oxygens (including phenoxy) is 1. The van der Waals surface area contributed by atoms with Gasteiger partial charge >= 0.3 is 0 Å². The van der Waals surface area contributed by atoms with Crippen molar-refractivity contribution in [1.29, 1.82) is 0 Å². The molecule has 0 saturated carbocycles. The molecule has 1 rings (SSSR count). The molecule has 1 aromatic heterocycles. The number of rotatable bonds is 3. The van der Waals surface area contributed by atoms with Crippen molar-refractivity contribution in [1.82, 2.24) is 9.97 Å². The molecule has 1 atom stereocenters. The second-order valence-corrected chi connectivity index (χ2v) is 6.93. The number of halogens is 1. The van der Waals surface area contributed by atoms with Gasteiger partial charge in [0.15, 0.2) is 0 Å². The highest BCUT2D eigenvalue weighted by molar-refractivity contribution is 9.10. The molecule has 0 spiro atoms. The zero-order valence-corrected chi connectivity index (χ0v) is 12.5. The molecular formula is C10H14BrN3O2S. The molecule has 1 unspecified atom stereocenters. The van der Waals surface area contributed by atoms with Gasteiger partial charge in [-0.25, -0.2) is 9.97 Å². The van der Waals surface area contributed by atoms with E-state index in [1.165, 1.54) is 19.5 Å². The summed E-state index contributed by atoms with van der Waals surface area (Å²) in [6, 6.07) is 0. The first-order valence-electron chi connectivity index (χ1n) is 4.87. The molecular weight excluding hydrogens is 306 g/mol. The fourth-order valence-corrected chi connectivity index (χ4v) is 1.63. The van der Waals surface area contributed by atoms with E-state index in [0.29, 0.717) is 16.2 Å². The van der Waals surface area contributed by atoms with E-state index in [1.807, 2.05) is 20.8 Å². The first-order chi connectivity index (χ1) is 7.84. The quantitative estimate of drug-likeness (QED) is 0.632. The first kappa shape index (κ1) is 14.4. The number of methoxy groups -OCH3 is 1. The van der Waals surface area contributed by atoms with Crippen LogP contribution in [-0.4, -0.2) is 32.6 Å². The molecule has 7 heteroatoms. The lowest BCUT2D eigenvalue weighted by molar-refractivity contribution is 0.394. The zero-order chi connectivity index (χ0) is 13.1. The van der Waals surface area contributed by atoms with Crippen LogP contribution in [0.1, 0.15) is 26.5 Å². The van der Waals surface area contributed by atoms with Crippen LogP contribution < -0.4 is 4.74 Å². The van der Waals surface area contributed by atoms with Crippen LogP contribution in [0.4, 0.5) is 0 Å². The Hall–Kier alpha value is -0.660. The molecule has 94 valence electrons. The summed E-state index contributed by atoms with van der Waals surface area (Å²) in [7, 11) is 1.49. The topological polar surface area (TPSA) is 70.4 Å². The molecule has 1 heterocycles. The van der Waals surface area contributed by atoms with Crippen molar-refractivity contribution in [2.24, 2.45) is 4.40 Å². The Labute approximate surface area is 112 Å². The second-order valence-electron chi connectivity index (χ2n) is 4.18. The van der Waals surface area contributed by atoms with Crippen LogP contribution in [-0.2, 0) is 11.4 Å². The van der Waals surface area contributed by atoms with Gasteiger partial charge in [0.2, 0.25) is 5.88 Å². The van der Waals surface area contributed by atoms with Gasteiger partial charge < -0.3 is 9.29 Å². The molecule has 0 aliphatic carbocycles. The third-order valence-corrected chi connectivity index (χ3v) is 3.45. The first-order valence-corrected chi connectivity index (χ1v) is 6.77. The summed E-state index contributed by atoms with van der Waals surface area (Å²) in [6.07, 6.45) is 2.95. The SMILES string of the molecule is COc1nc(Br)cnc1/C=N/[S+]([O-])C(C)(C)C. The van der Waals surface area contributed by atoms with E-state index >= 15 is 0 Å². The van der Waals surface area contributed by atoms with Crippen LogP contribution in [0.25, 0.3) is 0 Å². The van der Waals surface area contributed by atoms with E-state index in [2.05, 4.69) is 30.3 Å². The summed E-state index contributed by atoms with van der Waals surface area (Å²) < 4.78 is 20.9. The summed E-state index contributed by atoms with van der Waals surface area (Å²) in [5.41, 5.74) is 0.452. The molecule has 0 amide bonds. The van der Waals surface area contributed by atoms with Crippen LogP contribution >= 0.6 is 15.9 Å². The van der Waals surface area contributed by atoms with E-state index < -0.39 is 16.1 Å². The van der Waals surface area contributed by atoms with Crippen molar-refractivity contribution >= 4 is 33.5 Å². The smallest absolute Gasteiger partial charge is 0.242 e. The third-order valence-electron chi connectivity index (χ3n) is 1.73. The highest BCUT2D eigenvalue weighted by Crippen LogP contribution is 2.18. The molecule has 0 bridgehead atoms. The number of hydrogen-bond donors (Lipinski definition) is 0. The minimum atomic E-state index is -1.32. The summed E-state index contributed by atoms with van der Waals surface area (Å²) in [5.74, 6) is 0.342. The van der Waals surface area contributed by atoms with Gasteiger partial charge in [-0.1, -0.05) is 4.40 Å². The maximum Gasteiger partial charge on any atom is 0.242 e. The Morgan fingerprint density at radius 1 is 1.53 bits per heavy atom. The predicted molar refractivity (Wildman–Crippen MR) is 71.8 cm³/mol. The van der Waals surface area contributed by atoms with Crippen molar-refractivity contribution in [2.75, 3.05) is 7.11 Å². The zero-order valence-electron chi connectivity index (χ0n) is 10.1. The Kier molecular flexibility index (Phi) is 4.91. The Morgan fingerprint density at radius 3 is 2.71 bits per heavy atom. The predicted octanol–water partition coefficient (Wildman–Crippen LogP) is 2.13. The van der Waals surface area contributed by atoms with Crippen LogP contribution in [0, 0.1) is 0 Å². The lowest BCUT2D eigenvalue weighted by Gasteiger charge is -2.17. The van der Waals surface area contributed by atoms with E-state index in [1.54, 1.807) is 0 Å². The van der Waals surface area contributed by atoms with Crippen molar-refractivity contribution in [3.63, 3.8) is 0 Å². The van der Waals surface area contributed by atoms with Crippen LogP contribution in [0.15, 0.2) is 15.2 Å². The Morgan fingerprint density at radius 2 is 2.18 bits per heavy atom.